The fourth-order valence-corrected chi connectivity index (χ4v) is 3.40. The molecule has 0 saturated carbocycles. The van der Waals surface area contributed by atoms with Crippen molar-refractivity contribution >= 4 is 17.4 Å². The van der Waals surface area contributed by atoms with Gasteiger partial charge >= 0.3 is 0 Å². The van der Waals surface area contributed by atoms with Crippen LogP contribution < -0.4 is 9.80 Å². The first-order chi connectivity index (χ1) is 14.3. The van der Waals surface area contributed by atoms with Crippen LogP contribution in [-0.4, -0.2) is 48.7 Å². The van der Waals surface area contributed by atoms with E-state index < -0.39 is 0 Å². The number of aromatic nitrogens is 2. The Balaban J connectivity index is 1.76. The number of rotatable bonds is 5. The van der Waals surface area contributed by atoms with Gasteiger partial charge in [-0.05, 0) is 19.1 Å². The molecule has 1 saturated heterocycles. The average molecular weight is 388 g/mol. The lowest BCUT2D eigenvalue weighted by Gasteiger charge is -2.28. The van der Waals surface area contributed by atoms with E-state index in [1.165, 1.54) is 0 Å². The minimum atomic E-state index is -0.132. The molecule has 0 atom stereocenters. The van der Waals surface area contributed by atoms with Crippen LogP contribution in [-0.2, 0) is 4.74 Å². The van der Waals surface area contributed by atoms with E-state index in [9.17, 15) is 4.79 Å². The van der Waals surface area contributed by atoms with Crippen LogP contribution >= 0.6 is 0 Å². The first-order valence-corrected chi connectivity index (χ1v) is 9.90. The molecule has 1 aliphatic rings. The lowest BCUT2D eigenvalue weighted by molar-refractivity contribution is 0.0983. The zero-order chi connectivity index (χ0) is 20.1. The molecule has 2 aromatic carbocycles. The lowest BCUT2D eigenvalue weighted by atomic mass is 10.2. The number of nitrogens with zero attached hydrogens (tertiary/aromatic N) is 4. The number of carbonyl (C=O) groups excluding carboxylic acids is 1. The number of morpholine rings is 1. The minimum absolute atomic E-state index is 0.132. The molecule has 6 heteroatoms. The van der Waals surface area contributed by atoms with Crippen molar-refractivity contribution < 1.29 is 9.53 Å². The quantitative estimate of drug-likeness (QED) is 0.668. The summed E-state index contributed by atoms with van der Waals surface area (Å²) in [4.78, 5) is 26.7. The van der Waals surface area contributed by atoms with Gasteiger partial charge in [-0.1, -0.05) is 48.5 Å². The van der Waals surface area contributed by atoms with Crippen LogP contribution in [0.5, 0.6) is 0 Å². The Kier molecular flexibility index (Phi) is 5.81. The van der Waals surface area contributed by atoms with Gasteiger partial charge in [0.05, 0.1) is 13.2 Å². The van der Waals surface area contributed by atoms with Crippen molar-refractivity contribution in [1.29, 1.82) is 0 Å². The maximum atomic E-state index is 13.4. The highest BCUT2D eigenvalue weighted by Crippen LogP contribution is 2.23. The number of anilines is 2. The average Bonchev–Trinajstić information content (AvgIpc) is 2.81. The Bertz CT molecular complexity index is 957. The molecule has 0 spiro atoms. The molecule has 6 nitrogen and oxygen atoms in total. The Labute approximate surface area is 170 Å². The van der Waals surface area contributed by atoms with Crippen molar-refractivity contribution in [2.75, 3.05) is 42.6 Å². The standard InChI is InChI=1S/C23H24N4O2/c1-2-27(19-11-7-4-8-12-19)23(28)20-17-21(26-13-15-29-16-14-26)25-22(24-20)18-9-5-3-6-10-18/h3-12,17H,2,13-16H2,1H3. The van der Waals surface area contributed by atoms with Gasteiger partial charge in [-0.15, -0.1) is 0 Å². The Morgan fingerprint density at radius 3 is 2.31 bits per heavy atom. The van der Waals surface area contributed by atoms with Gasteiger partial charge in [-0.25, -0.2) is 9.97 Å². The lowest BCUT2D eigenvalue weighted by Crippen LogP contribution is -2.37. The molecule has 0 unspecified atom stereocenters. The topological polar surface area (TPSA) is 58.6 Å². The number of benzene rings is 2. The third-order valence-corrected chi connectivity index (χ3v) is 4.93. The van der Waals surface area contributed by atoms with E-state index in [4.69, 9.17) is 9.72 Å². The molecular formula is C23H24N4O2. The molecule has 0 bridgehead atoms. The maximum Gasteiger partial charge on any atom is 0.277 e. The number of para-hydroxylation sites is 1. The summed E-state index contributed by atoms with van der Waals surface area (Å²) in [5.41, 5.74) is 2.14. The highest BCUT2D eigenvalue weighted by Gasteiger charge is 2.22. The summed E-state index contributed by atoms with van der Waals surface area (Å²) < 4.78 is 5.47. The van der Waals surface area contributed by atoms with Gasteiger partial charge in [0.1, 0.15) is 11.5 Å². The van der Waals surface area contributed by atoms with E-state index in [0.29, 0.717) is 31.3 Å². The van der Waals surface area contributed by atoms with Crippen molar-refractivity contribution in [3.63, 3.8) is 0 Å². The van der Waals surface area contributed by atoms with E-state index in [0.717, 1.165) is 30.2 Å². The smallest absolute Gasteiger partial charge is 0.277 e. The summed E-state index contributed by atoms with van der Waals surface area (Å²) in [5.74, 6) is 1.18. The normalized spacial score (nSPS) is 13.9. The second kappa shape index (κ2) is 8.84. The van der Waals surface area contributed by atoms with Crippen LogP contribution in [0.25, 0.3) is 11.4 Å². The van der Waals surface area contributed by atoms with Crippen LogP contribution in [0, 0.1) is 0 Å². The molecule has 0 N–H and O–H groups in total. The van der Waals surface area contributed by atoms with Crippen molar-refractivity contribution in [1.82, 2.24) is 9.97 Å². The molecule has 3 aromatic rings. The largest absolute Gasteiger partial charge is 0.378 e. The third-order valence-electron chi connectivity index (χ3n) is 4.93. The molecule has 1 aliphatic heterocycles. The molecule has 0 radical (unpaired) electrons. The number of carbonyl (C=O) groups is 1. The van der Waals surface area contributed by atoms with E-state index in [1.807, 2.05) is 67.6 Å². The summed E-state index contributed by atoms with van der Waals surface area (Å²) >= 11 is 0. The Hall–Kier alpha value is -3.25. The van der Waals surface area contributed by atoms with Crippen molar-refractivity contribution in [2.45, 2.75) is 6.92 Å². The molecule has 0 aliphatic carbocycles. The number of ether oxygens (including phenoxy) is 1. The fraction of sp³-hybridized carbons (Fsp3) is 0.261. The van der Waals surface area contributed by atoms with E-state index in [1.54, 1.807) is 11.0 Å². The van der Waals surface area contributed by atoms with Gasteiger partial charge in [0.15, 0.2) is 5.82 Å². The second-order valence-corrected chi connectivity index (χ2v) is 6.79. The fourth-order valence-electron chi connectivity index (χ4n) is 3.40. The maximum absolute atomic E-state index is 13.4. The Morgan fingerprint density at radius 2 is 1.66 bits per heavy atom. The van der Waals surface area contributed by atoms with Crippen molar-refractivity contribution in [3.8, 4) is 11.4 Å². The monoisotopic (exact) mass is 388 g/mol. The van der Waals surface area contributed by atoms with E-state index in [-0.39, 0.29) is 5.91 Å². The molecule has 1 fully saturated rings. The number of hydrogen-bond donors (Lipinski definition) is 0. The van der Waals surface area contributed by atoms with E-state index in [2.05, 4.69) is 9.88 Å². The minimum Gasteiger partial charge on any atom is -0.378 e. The van der Waals surface area contributed by atoms with Crippen molar-refractivity contribution in [2.24, 2.45) is 0 Å². The molecule has 2 heterocycles. The first kappa shape index (κ1) is 19.1. The Morgan fingerprint density at radius 1 is 1.00 bits per heavy atom. The second-order valence-electron chi connectivity index (χ2n) is 6.79. The van der Waals surface area contributed by atoms with Gasteiger partial charge in [-0.2, -0.15) is 0 Å². The molecular weight excluding hydrogens is 364 g/mol. The highest BCUT2D eigenvalue weighted by molar-refractivity contribution is 6.05. The molecule has 148 valence electrons. The molecule has 1 aromatic heterocycles. The number of hydrogen-bond acceptors (Lipinski definition) is 5. The highest BCUT2D eigenvalue weighted by atomic mass is 16.5. The van der Waals surface area contributed by atoms with Gasteiger partial charge in [0.25, 0.3) is 5.91 Å². The van der Waals surface area contributed by atoms with Crippen LogP contribution in [0.15, 0.2) is 66.7 Å². The van der Waals surface area contributed by atoms with Crippen LogP contribution in [0.2, 0.25) is 0 Å². The van der Waals surface area contributed by atoms with Crippen LogP contribution in [0.1, 0.15) is 17.4 Å². The van der Waals surface area contributed by atoms with Gasteiger partial charge in [-0.3, -0.25) is 4.79 Å². The summed E-state index contributed by atoms with van der Waals surface area (Å²) in [6.07, 6.45) is 0. The predicted molar refractivity (Wildman–Crippen MR) is 114 cm³/mol. The summed E-state index contributed by atoms with van der Waals surface area (Å²) in [7, 11) is 0. The van der Waals surface area contributed by atoms with Gasteiger partial charge in [0, 0.05) is 37.0 Å². The SMILES string of the molecule is CCN(C(=O)c1cc(N2CCOCC2)nc(-c2ccccc2)n1)c1ccccc1. The zero-order valence-electron chi connectivity index (χ0n) is 16.5. The summed E-state index contributed by atoms with van der Waals surface area (Å²) in [5, 5.41) is 0. The molecule has 1 amide bonds. The van der Waals surface area contributed by atoms with Crippen LogP contribution in [0.3, 0.4) is 0 Å². The van der Waals surface area contributed by atoms with E-state index >= 15 is 0 Å². The first-order valence-electron chi connectivity index (χ1n) is 9.90. The predicted octanol–water partition coefficient (Wildman–Crippen LogP) is 3.65. The third kappa shape index (κ3) is 4.27. The van der Waals surface area contributed by atoms with Gasteiger partial charge in [0.2, 0.25) is 0 Å². The summed E-state index contributed by atoms with van der Waals surface area (Å²) in [6, 6.07) is 21.2. The van der Waals surface area contributed by atoms with Crippen molar-refractivity contribution in [3.05, 3.63) is 72.4 Å². The van der Waals surface area contributed by atoms with Crippen LogP contribution in [0.4, 0.5) is 11.5 Å². The summed E-state index contributed by atoms with van der Waals surface area (Å²) in [6.45, 7) is 5.32. The van der Waals surface area contributed by atoms with Gasteiger partial charge < -0.3 is 14.5 Å². The molecule has 4 rings (SSSR count). The zero-order valence-corrected chi connectivity index (χ0v) is 16.5. The molecule has 29 heavy (non-hydrogen) atoms. The number of amides is 1.